The predicted molar refractivity (Wildman–Crippen MR) is 128 cm³/mol. The fourth-order valence-electron chi connectivity index (χ4n) is 3.26. The number of carbonyl (C=O) groups is 1. The third kappa shape index (κ3) is 4.86. The van der Waals surface area contributed by atoms with Crippen LogP contribution in [0, 0.1) is 6.92 Å². The van der Waals surface area contributed by atoms with Crippen molar-refractivity contribution in [3.05, 3.63) is 94.5 Å². The Hall–Kier alpha value is -4.31. The van der Waals surface area contributed by atoms with E-state index in [2.05, 4.69) is 15.0 Å². The number of aromatic amines is 1. The lowest BCUT2D eigenvalue weighted by Crippen LogP contribution is -2.23. The van der Waals surface area contributed by atoms with E-state index in [9.17, 15) is 18.0 Å². The highest BCUT2D eigenvalue weighted by atomic mass is 32.2. The van der Waals surface area contributed by atoms with Gasteiger partial charge < -0.3 is 19.5 Å². The van der Waals surface area contributed by atoms with E-state index >= 15 is 0 Å². The van der Waals surface area contributed by atoms with E-state index in [1.807, 2.05) is 0 Å². The fourth-order valence-corrected chi connectivity index (χ4v) is 4.59. The molecule has 0 aliphatic carbocycles. The number of aromatic nitrogens is 1. The van der Waals surface area contributed by atoms with Gasteiger partial charge in [-0.15, -0.1) is 0 Å². The second-order valence-corrected chi connectivity index (χ2v) is 9.01. The first kappa shape index (κ1) is 22.9. The minimum Gasteiger partial charge on any atom is -0.497 e. The number of carbonyl (C=O) groups excluding carboxylic acids is 1. The van der Waals surface area contributed by atoms with Gasteiger partial charge in [0.05, 0.1) is 24.0 Å². The molecule has 0 spiro atoms. The zero-order valence-electron chi connectivity index (χ0n) is 18.3. The number of nitrogens with one attached hydrogen (secondary N) is 3. The third-order valence-electron chi connectivity index (χ3n) is 5.02. The lowest BCUT2D eigenvalue weighted by Gasteiger charge is -2.13. The van der Waals surface area contributed by atoms with Gasteiger partial charge in [0.15, 0.2) is 0 Å². The van der Waals surface area contributed by atoms with Crippen LogP contribution in [0.15, 0.2) is 87.1 Å². The van der Waals surface area contributed by atoms with Gasteiger partial charge in [-0.2, -0.15) is 0 Å². The summed E-state index contributed by atoms with van der Waals surface area (Å²) in [5.74, 6) is 0.375. The summed E-state index contributed by atoms with van der Waals surface area (Å²) >= 11 is 0. The van der Waals surface area contributed by atoms with Crippen LogP contribution in [0.1, 0.15) is 15.9 Å². The van der Waals surface area contributed by atoms with E-state index in [4.69, 9.17) is 9.15 Å². The van der Waals surface area contributed by atoms with Crippen molar-refractivity contribution >= 4 is 27.3 Å². The molecule has 2 heterocycles. The van der Waals surface area contributed by atoms with Crippen LogP contribution < -0.4 is 20.3 Å². The smallest absolute Gasteiger partial charge is 0.262 e. The molecule has 4 rings (SSSR count). The van der Waals surface area contributed by atoms with Gasteiger partial charge in [-0.25, -0.2) is 8.42 Å². The van der Waals surface area contributed by atoms with E-state index in [-0.39, 0.29) is 16.1 Å². The summed E-state index contributed by atoms with van der Waals surface area (Å²) in [7, 11) is -2.43. The Morgan fingerprint density at radius 3 is 2.38 bits per heavy atom. The zero-order valence-corrected chi connectivity index (χ0v) is 19.1. The summed E-state index contributed by atoms with van der Waals surface area (Å²) in [6, 6.07) is 17.2. The Morgan fingerprint density at radius 2 is 1.74 bits per heavy atom. The van der Waals surface area contributed by atoms with Gasteiger partial charge in [0, 0.05) is 11.4 Å². The van der Waals surface area contributed by atoms with Crippen LogP contribution in [-0.2, 0) is 10.0 Å². The average Bonchev–Trinajstić information content (AvgIpc) is 3.35. The van der Waals surface area contributed by atoms with Gasteiger partial charge >= 0.3 is 0 Å². The van der Waals surface area contributed by atoms with E-state index < -0.39 is 21.5 Å². The number of pyridine rings is 1. The molecule has 0 saturated carbocycles. The number of methoxy groups -OCH3 is 1. The van der Waals surface area contributed by atoms with Crippen LogP contribution in [0.25, 0.3) is 11.5 Å². The number of anilines is 2. The van der Waals surface area contributed by atoms with Crippen molar-refractivity contribution in [3.8, 4) is 17.2 Å². The second kappa shape index (κ2) is 9.28. The van der Waals surface area contributed by atoms with Gasteiger partial charge in [0.1, 0.15) is 17.1 Å². The zero-order chi connectivity index (χ0) is 24.3. The summed E-state index contributed by atoms with van der Waals surface area (Å²) in [5.41, 5.74) is 0.766. The lowest BCUT2D eigenvalue weighted by molar-refractivity contribution is 0.102. The Balaban J connectivity index is 1.55. The minimum absolute atomic E-state index is 0.0109. The highest BCUT2D eigenvalue weighted by Crippen LogP contribution is 2.24. The molecule has 0 fully saturated rings. The first-order valence-electron chi connectivity index (χ1n) is 10.1. The van der Waals surface area contributed by atoms with Crippen LogP contribution in [0.4, 0.5) is 11.4 Å². The van der Waals surface area contributed by atoms with Crippen molar-refractivity contribution in [3.63, 3.8) is 0 Å². The predicted octanol–water partition coefficient (Wildman–Crippen LogP) is 4.01. The molecular weight excluding hydrogens is 458 g/mol. The molecular formula is C24H21N3O6S. The third-order valence-corrected chi connectivity index (χ3v) is 6.54. The number of benzene rings is 2. The van der Waals surface area contributed by atoms with Crippen LogP contribution in [0.2, 0.25) is 0 Å². The summed E-state index contributed by atoms with van der Waals surface area (Å²) in [6.07, 6.45) is 1.47. The number of hydrogen-bond donors (Lipinski definition) is 3. The Kier molecular flexibility index (Phi) is 6.24. The Morgan fingerprint density at radius 1 is 1.00 bits per heavy atom. The van der Waals surface area contributed by atoms with E-state index in [0.29, 0.717) is 28.5 Å². The number of hydrogen-bond acceptors (Lipinski definition) is 6. The molecule has 0 bridgehead atoms. The maximum Gasteiger partial charge on any atom is 0.262 e. The van der Waals surface area contributed by atoms with Crippen molar-refractivity contribution in [1.82, 2.24) is 4.98 Å². The van der Waals surface area contributed by atoms with E-state index in [0.717, 1.165) is 0 Å². The second-order valence-electron chi connectivity index (χ2n) is 7.36. The normalized spacial score (nSPS) is 11.1. The molecule has 1 amide bonds. The number of aryl methyl sites for hydroxylation is 1. The number of H-pyrrole nitrogens is 1. The van der Waals surface area contributed by atoms with Gasteiger partial charge in [-0.3, -0.25) is 14.3 Å². The minimum atomic E-state index is -3.95. The van der Waals surface area contributed by atoms with Crippen LogP contribution in [0.3, 0.4) is 0 Å². The molecule has 0 saturated heterocycles. The van der Waals surface area contributed by atoms with E-state index in [1.165, 1.54) is 25.5 Å². The van der Waals surface area contributed by atoms with Crippen LogP contribution >= 0.6 is 0 Å². The molecule has 0 atom stereocenters. The number of ether oxygens (including phenoxy) is 1. The van der Waals surface area contributed by atoms with E-state index in [1.54, 1.807) is 61.5 Å². The SMILES string of the molecule is COc1ccc(NS(=O)(=O)c2cc(NC(=O)c3ccc(-c4ccco4)[nH]c3=O)ccc2C)cc1. The first-order valence-corrected chi connectivity index (χ1v) is 11.6. The number of sulfonamides is 1. The molecule has 10 heteroatoms. The number of rotatable bonds is 7. The highest BCUT2D eigenvalue weighted by Gasteiger charge is 2.19. The average molecular weight is 480 g/mol. The van der Waals surface area contributed by atoms with Gasteiger partial charge in [-0.1, -0.05) is 6.07 Å². The molecule has 0 aliphatic rings. The summed E-state index contributed by atoms with van der Waals surface area (Å²) in [4.78, 5) is 27.7. The van der Waals surface area contributed by atoms with Crippen molar-refractivity contribution in [2.24, 2.45) is 0 Å². The maximum absolute atomic E-state index is 13.0. The van der Waals surface area contributed by atoms with Gasteiger partial charge in [0.25, 0.3) is 21.5 Å². The van der Waals surface area contributed by atoms with Gasteiger partial charge in [-0.05, 0) is 73.2 Å². The standard InChI is InChI=1S/C24H21N3O6S/c1-15-5-6-17(14-22(15)34(30,31)27-16-7-9-18(32-2)10-8-16)25-23(28)19-11-12-20(26-24(19)29)21-4-3-13-33-21/h3-14,27H,1-2H3,(H,25,28)(H,26,29). The molecule has 0 aliphatic heterocycles. The highest BCUT2D eigenvalue weighted by molar-refractivity contribution is 7.92. The summed E-state index contributed by atoms with van der Waals surface area (Å²) in [5, 5.41) is 2.58. The van der Waals surface area contributed by atoms with Gasteiger partial charge in [0.2, 0.25) is 0 Å². The topological polar surface area (TPSA) is 130 Å². The molecule has 174 valence electrons. The molecule has 2 aromatic heterocycles. The monoisotopic (exact) mass is 479 g/mol. The largest absolute Gasteiger partial charge is 0.497 e. The molecule has 3 N–H and O–H groups in total. The summed E-state index contributed by atoms with van der Waals surface area (Å²) in [6.45, 7) is 1.65. The Bertz CT molecular complexity index is 1490. The first-order chi connectivity index (χ1) is 16.3. The van der Waals surface area contributed by atoms with Crippen molar-refractivity contribution in [2.45, 2.75) is 11.8 Å². The molecule has 0 radical (unpaired) electrons. The van der Waals surface area contributed by atoms with Crippen molar-refractivity contribution in [2.75, 3.05) is 17.1 Å². The lowest BCUT2D eigenvalue weighted by atomic mass is 10.2. The molecule has 4 aromatic rings. The number of amides is 1. The molecule has 9 nitrogen and oxygen atoms in total. The molecule has 0 unspecified atom stereocenters. The van der Waals surface area contributed by atoms with Crippen LogP contribution in [0.5, 0.6) is 5.75 Å². The fraction of sp³-hybridized carbons (Fsp3) is 0.0833. The molecule has 2 aromatic carbocycles. The quantitative estimate of drug-likeness (QED) is 0.367. The maximum atomic E-state index is 13.0. The van der Waals surface area contributed by atoms with Crippen molar-refractivity contribution in [1.29, 1.82) is 0 Å². The number of furan rings is 1. The molecule has 34 heavy (non-hydrogen) atoms. The summed E-state index contributed by atoms with van der Waals surface area (Å²) < 4.78 is 38.8. The van der Waals surface area contributed by atoms with Crippen LogP contribution in [-0.4, -0.2) is 26.4 Å². The van der Waals surface area contributed by atoms with Crippen molar-refractivity contribution < 1.29 is 22.4 Å². The Labute approximate surface area is 195 Å².